The minimum atomic E-state index is -1.38. The maximum atomic E-state index is 14.1. The average molecular weight is 478 g/mol. The lowest BCUT2D eigenvalue weighted by atomic mass is 9.70. The lowest BCUT2D eigenvalue weighted by Crippen LogP contribution is -2.45. The number of esters is 1. The van der Waals surface area contributed by atoms with Crippen molar-refractivity contribution in [1.29, 1.82) is 0 Å². The van der Waals surface area contributed by atoms with Gasteiger partial charge in [0.15, 0.2) is 11.3 Å². The van der Waals surface area contributed by atoms with E-state index in [2.05, 4.69) is 0 Å². The van der Waals surface area contributed by atoms with E-state index in [-0.39, 0.29) is 11.7 Å². The quantitative estimate of drug-likeness (QED) is 0.503. The first-order valence-corrected chi connectivity index (χ1v) is 12.2. The monoisotopic (exact) mass is 477 g/mol. The summed E-state index contributed by atoms with van der Waals surface area (Å²) in [5.74, 6) is -0.767. The molecule has 180 valence electrons. The van der Waals surface area contributed by atoms with Crippen LogP contribution in [0.2, 0.25) is 0 Å². The molecule has 3 aliphatic rings. The number of ketones is 1. The van der Waals surface area contributed by atoms with Crippen LogP contribution in [0.25, 0.3) is 0 Å². The first-order chi connectivity index (χ1) is 17.3. The highest BCUT2D eigenvalue weighted by Crippen LogP contribution is 2.59. The number of hydrazone groups is 1. The molecule has 0 amide bonds. The van der Waals surface area contributed by atoms with Gasteiger partial charge in [-0.3, -0.25) is 9.80 Å². The predicted octanol–water partition coefficient (Wildman–Crippen LogP) is 4.90. The molecule has 0 N–H and O–H groups in total. The van der Waals surface area contributed by atoms with Gasteiger partial charge in [0.1, 0.15) is 12.1 Å². The smallest absolute Gasteiger partial charge is 0.344 e. The summed E-state index contributed by atoms with van der Waals surface area (Å²) in [5, 5.41) is 6.60. The Balaban J connectivity index is 1.66. The Morgan fingerprint density at radius 3 is 2.25 bits per heavy atom. The summed E-state index contributed by atoms with van der Waals surface area (Å²) in [4.78, 5) is 33.3. The zero-order chi connectivity index (χ0) is 25.1. The van der Waals surface area contributed by atoms with Gasteiger partial charge in [0.2, 0.25) is 5.90 Å². The minimum Gasteiger partial charge on any atom is -0.405 e. The zero-order valence-electron chi connectivity index (χ0n) is 20.5. The molecule has 6 rings (SSSR count). The van der Waals surface area contributed by atoms with Gasteiger partial charge in [0.05, 0.1) is 12.1 Å². The molecule has 1 saturated heterocycles. The Bertz CT molecular complexity index is 1410. The fourth-order valence-electron chi connectivity index (χ4n) is 5.74. The maximum Gasteiger partial charge on any atom is 0.344 e. The number of fused-ring (bicyclic) bond motifs is 4. The van der Waals surface area contributed by atoms with Crippen LogP contribution in [-0.2, 0) is 14.3 Å². The van der Waals surface area contributed by atoms with E-state index >= 15 is 0 Å². The summed E-state index contributed by atoms with van der Waals surface area (Å²) in [6.07, 6.45) is 1.78. The summed E-state index contributed by atoms with van der Waals surface area (Å²) in [7, 11) is 0. The average Bonchev–Trinajstić information content (AvgIpc) is 3.39. The lowest BCUT2D eigenvalue weighted by molar-refractivity contribution is -0.140. The normalized spacial score (nSPS) is 26.4. The van der Waals surface area contributed by atoms with Crippen molar-refractivity contribution in [2.75, 3.05) is 0 Å². The van der Waals surface area contributed by atoms with Crippen LogP contribution in [-0.4, -0.2) is 40.5 Å². The molecule has 4 atom stereocenters. The minimum absolute atomic E-state index is 0.00548. The first kappa shape index (κ1) is 22.4. The molecule has 1 spiro atoms. The predicted molar refractivity (Wildman–Crippen MR) is 138 cm³/mol. The van der Waals surface area contributed by atoms with E-state index in [0.717, 1.165) is 22.3 Å². The van der Waals surface area contributed by atoms with Gasteiger partial charge in [-0.15, -0.1) is 0 Å². The third kappa shape index (κ3) is 3.17. The molecule has 1 fully saturated rings. The number of aliphatic imine (C=N–C) groups is 1. The van der Waals surface area contributed by atoms with E-state index in [1.54, 1.807) is 6.21 Å². The Kier molecular flexibility index (Phi) is 4.97. The van der Waals surface area contributed by atoms with Crippen molar-refractivity contribution in [1.82, 2.24) is 5.01 Å². The Hall–Kier alpha value is -4.06. The van der Waals surface area contributed by atoms with Crippen molar-refractivity contribution >= 4 is 23.9 Å². The maximum absolute atomic E-state index is 14.1. The molecule has 3 heterocycles. The molecule has 6 nitrogen and oxygen atoms in total. The summed E-state index contributed by atoms with van der Waals surface area (Å²) in [5.41, 5.74) is 1.36. The number of Topliss-reactive ketones (excluding diaryl/α,β-unsaturated/α-hetero) is 1. The number of carbonyl (C=O) groups excluding carboxylic acids is 2. The van der Waals surface area contributed by atoms with Crippen molar-refractivity contribution in [3.8, 4) is 0 Å². The summed E-state index contributed by atoms with van der Waals surface area (Å²) in [6, 6.07) is 25.7. The van der Waals surface area contributed by atoms with Crippen LogP contribution in [0.5, 0.6) is 0 Å². The van der Waals surface area contributed by atoms with Crippen LogP contribution < -0.4 is 0 Å². The van der Waals surface area contributed by atoms with Gasteiger partial charge in [-0.05, 0) is 28.8 Å². The molecule has 0 bridgehead atoms. The molecule has 3 aromatic rings. The molecule has 36 heavy (non-hydrogen) atoms. The van der Waals surface area contributed by atoms with E-state index < -0.39 is 34.9 Å². The Morgan fingerprint density at radius 1 is 0.917 bits per heavy atom. The van der Waals surface area contributed by atoms with Crippen LogP contribution in [0, 0.1) is 5.41 Å². The topological polar surface area (TPSA) is 71.3 Å². The van der Waals surface area contributed by atoms with Crippen LogP contribution in [0.1, 0.15) is 55.0 Å². The third-order valence-corrected chi connectivity index (χ3v) is 7.37. The second-order valence-corrected chi connectivity index (χ2v) is 10.6. The molecule has 3 aromatic carbocycles. The summed E-state index contributed by atoms with van der Waals surface area (Å²) < 4.78 is 5.94. The number of ether oxygens (including phenoxy) is 1. The fraction of sp³-hybridized carbons (Fsp3) is 0.267. The van der Waals surface area contributed by atoms with Crippen molar-refractivity contribution in [3.63, 3.8) is 0 Å². The van der Waals surface area contributed by atoms with Crippen molar-refractivity contribution in [2.24, 2.45) is 15.5 Å². The van der Waals surface area contributed by atoms with Crippen molar-refractivity contribution in [3.05, 3.63) is 107 Å². The SMILES string of the molecule is CC(C)(C)C(=O)[C@@H]1[C@@H](c2ccccc2)[C@]2(N=C(c3ccccc3)OC2=O)C2c3ccccc3C=NN21. The number of benzene rings is 3. The summed E-state index contributed by atoms with van der Waals surface area (Å²) >= 11 is 0. The second-order valence-electron chi connectivity index (χ2n) is 10.6. The second kappa shape index (κ2) is 7.98. The number of rotatable bonds is 3. The Labute approximate surface area is 210 Å². The van der Waals surface area contributed by atoms with Crippen molar-refractivity contribution in [2.45, 2.75) is 44.3 Å². The number of carbonyl (C=O) groups is 2. The highest BCUT2D eigenvalue weighted by Gasteiger charge is 2.71. The number of hydrogen-bond acceptors (Lipinski definition) is 6. The van der Waals surface area contributed by atoms with Crippen LogP contribution >= 0.6 is 0 Å². The molecule has 6 heteroatoms. The van der Waals surface area contributed by atoms with E-state index in [4.69, 9.17) is 14.8 Å². The molecule has 0 radical (unpaired) electrons. The van der Waals surface area contributed by atoms with E-state index in [9.17, 15) is 9.59 Å². The molecular formula is C30H27N3O3. The number of cyclic esters (lactones) is 1. The van der Waals surface area contributed by atoms with Gasteiger partial charge in [-0.1, -0.05) is 93.6 Å². The number of hydrogen-bond donors (Lipinski definition) is 0. The molecule has 0 aliphatic carbocycles. The van der Waals surface area contributed by atoms with Gasteiger partial charge in [-0.25, -0.2) is 9.79 Å². The van der Waals surface area contributed by atoms with Crippen LogP contribution in [0.15, 0.2) is 95.0 Å². The van der Waals surface area contributed by atoms with Gasteiger partial charge >= 0.3 is 5.97 Å². The summed E-state index contributed by atoms with van der Waals surface area (Å²) in [6.45, 7) is 5.72. The lowest BCUT2D eigenvalue weighted by Gasteiger charge is -2.35. The number of nitrogens with zero attached hydrogens (tertiary/aromatic N) is 3. The van der Waals surface area contributed by atoms with Gasteiger partial charge < -0.3 is 4.74 Å². The first-order valence-electron chi connectivity index (χ1n) is 12.2. The van der Waals surface area contributed by atoms with Gasteiger partial charge in [0, 0.05) is 11.0 Å². The van der Waals surface area contributed by atoms with E-state index in [1.165, 1.54) is 0 Å². The standard InChI is InChI=1S/C30H27N3O3/c1-29(2,3)26(34)24-23(19-12-6-4-7-13-19)30(25-22-17-11-10-16-21(22)18-31-33(24)25)28(35)36-27(32-30)20-14-8-5-9-15-20/h4-18,23-25H,1-3H3/t23-,24+,25?,30+/m1/s1. The van der Waals surface area contributed by atoms with Crippen LogP contribution in [0.4, 0.5) is 0 Å². The highest BCUT2D eigenvalue weighted by atomic mass is 16.6. The van der Waals surface area contributed by atoms with Crippen molar-refractivity contribution < 1.29 is 14.3 Å². The molecule has 1 unspecified atom stereocenters. The van der Waals surface area contributed by atoms with Gasteiger partial charge in [-0.2, -0.15) is 5.10 Å². The van der Waals surface area contributed by atoms with E-state index in [0.29, 0.717) is 0 Å². The Morgan fingerprint density at radius 2 is 1.56 bits per heavy atom. The van der Waals surface area contributed by atoms with Crippen LogP contribution in [0.3, 0.4) is 0 Å². The molecule has 3 aliphatic heterocycles. The largest absolute Gasteiger partial charge is 0.405 e. The third-order valence-electron chi connectivity index (χ3n) is 7.37. The zero-order valence-corrected chi connectivity index (χ0v) is 20.5. The molecule has 0 saturated carbocycles. The molecule has 0 aromatic heterocycles. The van der Waals surface area contributed by atoms with Gasteiger partial charge in [0.25, 0.3) is 0 Å². The highest BCUT2D eigenvalue weighted by molar-refractivity contribution is 6.10. The fourth-order valence-corrected chi connectivity index (χ4v) is 5.74. The molecular weight excluding hydrogens is 450 g/mol. The van der Waals surface area contributed by atoms with E-state index in [1.807, 2.05) is 111 Å².